The zero-order valence-corrected chi connectivity index (χ0v) is 10.9. The number of carbonyl (C=O) groups is 2. The first kappa shape index (κ1) is 11.6. The summed E-state index contributed by atoms with van der Waals surface area (Å²) in [5.41, 5.74) is 4.86. The molecule has 0 N–H and O–H groups in total. The molecule has 0 aromatic heterocycles. The number of fused-ring (bicyclic) bond motifs is 1. The van der Waals surface area contributed by atoms with Crippen LogP contribution in [0.25, 0.3) is 0 Å². The van der Waals surface area contributed by atoms with E-state index in [1.165, 1.54) is 22.3 Å². The van der Waals surface area contributed by atoms with Crippen LogP contribution in [0.5, 0.6) is 0 Å². The summed E-state index contributed by atoms with van der Waals surface area (Å²) in [6, 6.07) is 16.4. The van der Waals surface area contributed by atoms with Crippen molar-refractivity contribution in [2.45, 2.75) is 11.8 Å². The average Bonchev–Trinajstić information content (AvgIpc) is 2.53. The molecule has 3 aliphatic carbocycles. The molecule has 2 aromatic carbocycles. The summed E-state index contributed by atoms with van der Waals surface area (Å²) in [4.78, 5) is 23.2. The molecular formula is C18H14O2. The maximum absolute atomic E-state index is 11.6. The van der Waals surface area contributed by atoms with Crippen LogP contribution in [0.3, 0.4) is 0 Å². The normalized spacial score (nSPS) is 29.4. The molecule has 0 saturated carbocycles. The quantitative estimate of drug-likeness (QED) is 0.780. The average molecular weight is 262 g/mol. The Morgan fingerprint density at radius 1 is 0.600 bits per heavy atom. The molecule has 0 radical (unpaired) electrons. The van der Waals surface area contributed by atoms with Crippen molar-refractivity contribution in [3.63, 3.8) is 0 Å². The minimum atomic E-state index is -0.234. The van der Waals surface area contributed by atoms with Crippen molar-refractivity contribution in [1.82, 2.24) is 0 Å². The molecule has 0 saturated heterocycles. The molecule has 3 aliphatic rings. The molecule has 2 aromatic rings. The predicted molar refractivity (Wildman–Crippen MR) is 75.7 cm³/mol. The number of hydrogen-bond acceptors (Lipinski definition) is 2. The lowest BCUT2D eigenvalue weighted by molar-refractivity contribution is -0.121. The lowest BCUT2D eigenvalue weighted by Crippen LogP contribution is -2.41. The highest BCUT2D eigenvalue weighted by Gasteiger charge is 2.49. The van der Waals surface area contributed by atoms with Crippen molar-refractivity contribution in [1.29, 1.82) is 0 Å². The minimum absolute atomic E-state index is 0.0279. The van der Waals surface area contributed by atoms with E-state index >= 15 is 0 Å². The van der Waals surface area contributed by atoms with E-state index < -0.39 is 0 Å². The Morgan fingerprint density at radius 2 is 0.900 bits per heavy atom. The monoisotopic (exact) mass is 262 g/mol. The van der Waals surface area contributed by atoms with E-state index in [4.69, 9.17) is 0 Å². The highest BCUT2D eigenvalue weighted by atomic mass is 16.1. The Hall–Kier alpha value is -2.22. The fourth-order valence-electron chi connectivity index (χ4n) is 4.10. The van der Waals surface area contributed by atoms with Gasteiger partial charge in [0.15, 0.2) is 0 Å². The van der Waals surface area contributed by atoms with Crippen molar-refractivity contribution in [2.75, 3.05) is 0 Å². The first-order valence-corrected chi connectivity index (χ1v) is 6.95. The Morgan fingerprint density at radius 3 is 1.15 bits per heavy atom. The van der Waals surface area contributed by atoms with Gasteiger partial charge in [0, 0.05) is 23.7 Å². The van der Waals surface area contributed by atoms with Gasteiger partial charge in [-0.15, -0.1) is 0 Å². The molecule has 2 unspecified atom stereocenters. The third kappa shape index (κ3) is 1.29. The summed E-state index contributed by atoms with van der Waals surface area (Å²) in [7, 11) is 0. The van der Waals surface area contributed by atoms with Crippen LogP contribution >= 0.6 is 0 Å². The lowest BCUT2D eigenvalue weighted by Gasteiger charge is -2.47. The van der Waals surface area contributed by atoms with Crippen LogP contribution in [-0.2, 0) is 9.59 Å². The van der Waals surface area contributed by atoms with Gasteiger partial charge in [0.25, 0.3) is 0 Å². The third-order valence-corrected chi connectivity index (χ3v) is 4.86. The number of aldehydes is 2. The van der Waals surface area contributed by atoms with E-state index in [0.29, 0.717) is 0 Å². The van der Waals surface area contributed by atoms with E-state index in [2.05, 4.69) is 24.3 Å². The number of carbonyl (C=O) groups excluding carboxylic acids is 2. The smallest absolute Gasteiger partial charge is 0.124 e. The molecule has 0 amide bonds. The van der Waals surface area contributed by atoms with Crippen molar-refractivity contribution >= 4 is 12.6 Å². The number of rotatable bonds is 2. The highest BCUT2D eigenvalue weighted by molar-refractivity contribution is 5.75. The fraction of sp³-hybridized carbons (Fsp3) is 0.222. The molecule has 98 valence electrons. The molecule has 2 heteroatoms. The Balaban J connectivity index is 2.06. The first-order chi connectivity index (χ1) is 9.86. The van der Waals surface area contributed by atoms with Crippen LogP contribution in [0.2, 0.25) is 0 Å². The van der Waals surface area contributed by atoms with Gasteiger partial charge in [-0.25, -0.2) is 0 Å². The molecule has 2 nitrogen and oxygen atoms in total. The topological polar surface area (TPSA) is 34.1 Å². The number of hydrogen-bond donors (Lipinski definition) is 0. The van der Waals surface area contributed by atoms with Gasteiger partial charge in [-0.1, -0.05) is 48.5 Å². The zero-order chi connectivity index (χ0) is 13.7. The molecule has 20 heavy (non-hydrogen) atoms. The number of benzene rings is 2. The largest absolute Gasteiger partial charge is 0.303 e. The van der Waals surface area contributed by atoms with Crippen LogP contribution in [0, 0.1) is 11.8 Å². The lowest BCUT2D eigenvalue weighted by atomic mass is 9.55. The molecule has 2 atom stereocenters. The summed E-state index contributed by atoms with van der Waals surface area (Å²) < 4.78 is 0. The SMILES string of the molecule is O=CC1C2c3ccccc3C(c3ccccc32)C1C=O. The van der Waals surface area contributed by atoms with Gasteiger partial charge in [0.1, 0.15) is 12.6 Å². The zero-order valence-electron chi connectivity index (χ0n) is 10.9. The van der Waals surface area contributed by atoms with Gasteiger partial charge in [0.05, 0.1) is 0 Å². The van der Waals surface area contributed by atoms with Crippen molar-refractivity contribution in [3.8, 4) is 0 Å². The minimum Gasteiger partial charge on any atom is -0.303 e. The van der Waals surface area contributed by atoms with Gasteiger partial charge >= 0.3 is 0 Å². The summed E-state index contributed by atoms with van der Waals surface area (Å²) in [6.07, 6.45) is 1.95. The molecule has 0 aliphatic heterocycles. The van der Waals surface area contributed by atoms with E-state index in [1.54, 1.807) is 0 Å². The van der Waals surface area contributed by atoms with Crippen molar-refractivity contribution in [2.24, 2.45) is 11.8 Å². The van der Waals surface area contributed by atoms with Crippen LogP contribution < -0.4 is 0 Å². The van der Waals surface area contributed by atoms with Gasteiger partial charge in [-0.3, -0.25) is 0 Å². The van der Waals surface area contributed by atoms with E-state index in [0.717, 1.165) is 12.6 Å². The molecule has 2 bridgehead atoms. The standard InChI is InChI=1S/C18H14O2/c19-9-15-16(10-20)18-12-6-2-1-5-11(12)17(15)13-7-3-4-8-14(13)18/h1-10,15-18H. The molecular weight excluding hydrogens is 248 g/mol. The van der Waals surface area contributed by atoms with Crippen molar-refractivity contribution in [3.05, 3.63) is 70.8 Å². The van der Waals surface area contributed by atoms with Crippen molar-refractivity contribution < 1.29 is 9.59 Å². The molecule has 5 rings (SSSR count). The fourth-order valence-corrected chi connectivity index (χ4v) is 4.10. The van der Waals surface area contributed by atoms with Crippen LogP contribution in [-0.4, -0.2) is 12.6 Å². The summed E-state index contributed by atoms with van der Waals surface area (Å²) >= 11 is 0. The second-order valence-electron chi connectivity index (χ2n) is 5.64. The van der Waals surface area contributed by atoms with Gasteiger partial charge in [0.2, 0.25) is 0 Å². The molecule has 0 fully saturated rings. The highest BCUT2D eigenvalue weighted by Crippen LogP contribution is 2.56. The van der Waals surface area contributed by atoms with Crippen LogP contribution in [0.15, 0.2) is 48.5 Å². The third-order valence-electron chi connectivity index (χ3n) is 4.86. The maximum atomic E-state index is 11.6. The second kappa shape index (κ2) is 4.14. The van der Waals surface area contributed by atoms with Gasteiger partial charge < -0.3 is 9.59 Å². The summed E-state index contributed by atoms with van der Waals surface area (Å²) in [5.74, 6) is -0.412. The van der Waals surface area contributed by atoms with E-state index in [9.17, 15) is 9.59 Å². The molecule has 0 heterocycles. The maximum Gasteiger partial charge on any atom is 0.124 e. The Bertz CT molecular complexity index is 597. The predicted octanol–water partition coefficient (Wildman–Crippen LogP) is 2.91. The van der Waals surface area contributed by atoms with E-state index in [1.807, 2.05) is 24.3 Å². The van der Waals surface area contributed by atoms with Crippen LogP contribution in [0.4, 0.5) is 0 Å². The van der Waals surface area contributed by atoms with E-state index in [-0.39, 0.29) is 23.7 Å². The second-order valence-corrected chi connectivity index (χ2v) is 5.64. The summed E-state index contributed by atoms with van der Waals surface area (Å²) in [6.45, 7) is 0. The first-order valence-electron chi connectivity index (χ1n) is 6.95. The Labute approximate surface area is 117 Å². The van der Waals surface area contributed by atoms with Gasteiger partial charge in [-0.2, -0.15) is 0 Å². The Kier molecular flexibility index (Phi) is 2.40. The van der Waals surface area contributed by atoms with Gasteiger partial charge in [-0.05, 0) is 22.3 Å². The summed E-state index contributed by atoms with van der Waals surface area (Å²) in [5, 5.41) is 0. The molecule has 0 spiro atoms. The van der Waals surface area contributed by atoms with Crippen LogP contribution in [0.1, 0.15) is 34.1 Å².